The fraction of sp³-hybridized carbons (Fsp3) is 0.217. The molecule has 0 radical (unpaired) electrons. The molecule has 4 aromatic rings. The predicted molar refractivity (Wildman–Crippen MR) is 119 cm³/mol. The molecular formula is C23H22FN5O4. The molecule has 33 heavy (non-hydrogen) atoms. The van der Waals surface area contributed by atoms with Gasteiger partial charge in [-0.1, -0.05) is 19.6 Å². The van der Waals surface area contributed by atoms with Gasteiger partial charge in [0.25, 0.3) is 11.8 Å². The number of aromatic nitrogens is 3. The van der Waals surface area contributed by atoms with Crippen LogP contribution >= 0.6 is 0 Å². The van der Waals surface area contributed by atoms with Crippen LogP contribution in [0.5, 0.6) is 5.75 Å². The number of rotatable bonds is 4. The molecule has 2 aromatic heterocycles. The van der Waals surface area contributed by atoms with Crippen LogP contribution < -0.4 is 15.0 Å². The third kappa shape index (κ3) is 4.27. The average molecular weight is 451 g/mol. The highest BCUT2D eigenvalue weighted by atomic mass is 19.1. The first-order valence-corrected chi connectivity index (χ1v) is 9.86. The zero-order valence-electron chi connectivity index (χ0n) is 17.0. The van der Waals surface area contributed by atoms with Gasteiger partial charge in [-0.25, -0.2) is 9.37 Å². The van der Waals surface area contributed by atoms with E-state index in [0.29, 0.717) is 29.3 Å². The molecule has 0 bridgehead atoms. The Kier molecular flexibility index (Phi) is 5.82. The lowest BCUT2D eigenvalue weighted by Gasteiger charge is -2.20. The number of H-pyrrole nitrogens is 1. The quantitative estimate of drug-likeness (QED) is 0.493. The fourth-order valence-corrected chi connectivity index (χ4v) is 3.55. The van der Waals surface area contributed by atoms with E-state index in [2.05, 4.69) is 20.5 Å². The molecular weight excluding hydrogens is 429 g/mol. The van der Waals surface area contributed by atoms with Crippen LogP contribution in [0.15, 0.2) is 53.1 Å². The van der Waals surface area contributed by atoms with Crippen LogP contribution in [-0.4, -0.2) is 46.7 Å². The number of nitrogens with zero attached hydrogens (tertiary/aromatic N) is 3. The summed E-state index contributed by atoms with van der Waals surface area (Å²) in [6, 6.07) is 10.3. The highest BCUT2D eigenvalue weighted by Gasteiger charge is 2.32. The smallest absolute Gasteiger partial charge is 0.291 e. The number of ether oxygens (including phenoxy) is 1. The first-order chi connectivity index (χ1) is 15.5. The second-order valence-electron chi connectivity index (χ2n) is 7.42. The Morgan fingerprint density at radius 1 is 1.27 bits per heavy atom. The van der Waals surface area contributed by atoms with Crippen LogP contribution in [0, 0.1) is 5.82 Å². The Bertz CT molecular complexity index is 1310. The summed E-state index contributed by atoms with van der Waals surface area (Å²) in [5.41, 5.74) is 2.04. The van der Waals surface area contributed by atoms with Crippen LogP contribution in [0.3, 0.4) is 0 Å². The fourth-order valence-electron chi connectivity index (χ4n) is 3.55. The van der Waals surface area contributed by atoms with E-state index in [0.717, 1.165) is 10.9 Å². The number of amides is 2. The summed E-state index contributed by atoms with van der Waals surface area (Å²) in [6.07, 6.45) is 1.92. The topological polar surface area (TPSA) is 113 Å². The number of likely N-dealkylation sites (N-methyl/N-ethyl adjacent to an activating group) is 1. The van der Waals surface area contributed by atoms with Gasteiger partial charge in [0.2, 0.25) is 5.82 Å². The number of halogens is 1. The summed E-state index contributed by atoms with van der Waals surface area (Å²) in [5.74, 6) is -0.445. The van der Waals surface area contributed by atoms with E-state index in [1.165, 1.54) is 17.0 Å². The normalized spacial score (nSPS) is 15.4. The van der Waals surface area contributed by atoms with E-state index < -0.39 is 11.9 Å². The lowest BCUT2D eigenvalue weighted by atomic mass is 10.1. The molecule has 0 saturated heterocycles. The minimum absolute atomic E-state index is 0. The van der Waals surface area contributed by atoms with E-state index >= 15 is 0 Å². The molecule has 1 aliphatic heterocycles. The van der Waals surface area contributed by atoms with Crippen molar-refractivity contribution in [1.82, 2.24) is 20.5 Å². The highest BCUT2D eigenvalue weighted by molar-refractivity contribution is 6.03. The molecule has 0 unspecified atom stereocenters. The van der Waals surface area contributed by atoms with Gasteiger partial charge in [0.15, 0.2) is 0 Å². The summed E-state index contributed by atoms with van der Waals surface area (Å²) in [5, 5.41) is 10.1. The Balaban J connectivity index is 0.00000259. The monoisotopic (exact) mass is 451 g/mol. The van der Waals surface area contributed by atoms with Gasteiger partial charge in [-0.2, -0.15) is 0 Å². The van der Waals surface area contributed by atoms with Crippen molar-refractivity contribution >= 4 is 28.5 Å². The average Bonchev–Trinajstić information content (AvgIpc) is 3.43. The molecule has 9 nitrogen and oxygen atoms in total. The van der Waals surface area contributed by atoms with Crippen molar-refractivity contribution in [1.29, 1.82) is 0 Å². The number of carbonyl (C=O) groups is 2. The highest BCUT2D eigenvalue weighted by Crippen LogP contribution is 2.35. The molecule has 2 aromatic carbocycles. The molecule has 2 N–H and O–H groups in total. The van der Waals surface area contributed by atoms with E-state index in [9.17, 15) is 14.0 Å². The van der Waals surface area contributed by atoms with Crippen molar-refractivity contribution < 1.29 is 23.1 Å². The van der Waals surface area contributed by atoms with Gasteiger partial charge in [-0.3, -0.25) is 14.7 Å². The molecule has 10 heteroatoms. The van der Waals surface area contributed by atoms with Crippen LogP contribution in [0.1, 0.15) is 29.4 Å². The first kappa shape index (κ1) is 22.0. The largest absolute Gasteiger partial charge is 0.489 e. The Labute approximate surface area is 188 Å². The molecule has 1 aliphatic rings. The standard InChI is InChI=1S/C22H18FN5O4.CH4/c1-28-16-9-13-6-7-31-17(13)10-18(16)32-11-15(22(28)30)24-21(29)20-25-19(26-27-20)8-12-2-4-14(23)5-3-12;/h2-7,9-10,15H,8,11H2,1H3,(H,24,29)(H,25,26,27);1H4/t15-;/m0./s1. The Hall–Kier alpha value is -4.21. The molecule has 2 amide bonds. The van der Waals surface area contributed by atoms with Crippen molar-refractivity contribution in [3.63, 3.8) is 0 Å². The second kappa shape index (κ2) is 8.73. The maximum Gasteiger partial charge on any atom is 0.291 e. The van der Waals surface area contributed by atoms with Crippen molar-refractivity contribution in [3.05, 3.63) is 71.8 Å². The zero-order valence-corrected chi connectivity index (χ0v) is 17.0. The van der Waals surface area contributed by atoms with Crippen LogP contribution in [0.4, 0.5) is 10.1 Å². The minimum atomic E-state index is -0.926. The Morgan fingerprint density at radius 3 is 2.85 bits per heavy atom. The van der Waals surface area contributed by atoms with Crippen LogP contribution in [0.25, 0.3) is 11.0 Å². The van der Waals surface area contributed by atoms with E-state index in [1.54, 1.807) is 43.6 Å². The van der Waals surface area contributed by atoms with Gasteiger partial charge < -0.3 is 19.4 Å². The van der Waals surface area contributed by atoms with Gasteiger partial charge in [-0.15, -0.1) is 5.10 Å². The number of aromatic amines is 1. The number of carbonyl (C=O) groups excluding carboxylic acids is 2. The molecule has 0 fully saturated rings. The molecule has 0 spiro atoms. The summed E-state index contributed by atoms with van der Waals surface area (Å²) in [7, 11) is 1.62. The van der Waals surface area contributed by atoms with Gasteiger partial charge in [0.1, 0.15) is 35.6 Å². The minimum Gasteiger partial charge on any atom is -0.489 e. The van der Waals surface area contributed by atoms with Gasteiger partial charge in [0.05, 0.1) is 12.0 Å². The number of fused-ring (bicyclic) bond motifs is 2. The summed E-state index contributed by atoms with van der Waals surface area (Å²) >= 11 is 0. The lowest BCUT2D eigenvalue weighted by molar-refractivity contribution is -0.120. The van der Waals surface area contributed by atoms with Crippen molar-refractivity contribution in [2.24, 2.45) is 0 Å². The third-order valence-electron chi connectivity index (χ3n) is 5.25. The number of furan rings is 1. The number of benzene rings is 2. The maximum atomic E-state index is 13.1. The summed E-state index contributed by atoms with van der Waals surface area (Å²) < 4.78 is 24.2. The molecule has 3 heterocycles. The molecule has 5 rings (SSSR count). The van der Waals surface area contributed by atoms with Gasteiger partial charge in [0, 0.05) is 24.9 Å². The predicted octanol–water partition coefficient (Wildman–Crippen LogP) is 3.07. The maximum absolute atomic E-state index is 13.1. The number of hydrogen-bond donors (Lipinski definition) is 2. The van der Waals surface area contributed by atoms with Crippen LogP contribution in [0.2, 0.25) is 0 Å². The number of anilines is 1. The van der Waals surface area contributed by atoms with Gasteiger partial charge in [-0.05, 0) is 29.8 Å². The van der Waals surface area contributed by atoms with E-state index in [1.807, 2.05) is 0 Å². The second-order valence-corrected chi connectivity index (χ2v) is 7.42. The molecule has 0 aliphatic carbocycles. The molecule has 1 atom stereocenters. The van der Waals surface area contributed by atoms with E-state index in [4.69, 9.17) is 9.15 Å². The van der Waals surface area contributed by atoms with Crippen molar-refractivity contribution in [3.8, 4) is 5.75 Å². The van der Waals surface area contributed by atoms with Gasteiger partial charge >= 0.3 is 0 Å². The first-order valence-electron chi connectivity index (χ1n) is 9.86. The third-order valence-corrected chi connectivity index (χ3v) is 5.25. The number of nitrogens with one attached hydrogen (secondary N) is 2. The number of hydrogen-bond acceptors (Lipinski definition) is 6. The Morgan fingerprint density at radius 2 is 2.06 bits per heavy atom. The molecule has 0 saturated carbocycles. The van der Waals surface area contributed by atoms with Crippen molar-refractivity contribution in [2.75, 3.05) is 18.6 Å². The summed E-state index contributed by atoms with van der Waals surface area (Å²) in [6.45, 7) is -0.0546. The van der Waals surface area contributed by atoms with Crippen molar-refractivity contribution in [2.45, 2.75) is 19.9 Å². The zero-order chi connectivity index (χ0) is 22.2. The summed E-state index contributed by atoms with van der Waals surface area (Å²) in [4.78, 5) is 31.2. The molecule has 170 valence electrons. The van der Waals surface area contributed by atoms with Crippen LogP contribution in [-0.2, 0) is 11.2 Å². The SMILES string of the molecule is C.CN1C(=O)[C@@H](NC(=O)c2n[nH]c(Cc3ccc(F)cc3)n2)COc2cc3occc3cc21. The lowest BCUT2D eigenvalue weighted by Crippen LogP contribution is -2.49. The van der Waals surface area contributed by atoms with E-state index in [-0.39, 0.29) is 31.6 Å².